The number of fused-ring (bicyclic) bond motifs is 1. The van der Waals surface area contributed by atoms with E-state index in [1.54, 1.807) is 13.2 Å². The predicted molar refractivity (Wildman–Crippen MR) is 104 cm³/mol. The molecule has 0 radical (unpaired) electrons. The third kappa shape index (κ3) is 6.98. The topological polar surface area (TPSA) is 73.3 Å². The second kappa shape index (κ2) is 11.9. The quantitative estimate of drug-likeness (QED) is 0.242. The number of hydrogen-bond donors (Lipinski definition) is 2. The lowest BCUT2D eigenvalue weighted by molar-refractivity contribution is -0.0505. The highest BCUT2D eigenvalue weighted by molar-refractivity contribution is 14.0. The van der Waals surface area contributed by atoms with Crippen LogP contribution in [0, 0.1) is 0 Å². The number of halogens is 3. The summed E-state index contributed by atoms with van der Waals surface area (Å²) in [6.07, 6.45) is 0.824. The molecule has 0 atom stereocenters. The summed E-state index contributed by atoms with van der Waals surface area (Å²) in [4.78, 5) is 4.41. The molecule has 1 aliphatic heterocycles. The zero-order chi connectivity index (χ0) is 18.1. The van der Waals surface area contributed by atoms with Crippen molar-refractivity contribution in [2.75, 3.05) is 33.6 Å². The van der Waals surface area contributed by atoms with E-state index in [2.05, 4.69) is 20.4 Å². The van der Waals surface area contributed by atoms with E-state index in [1.807, 2.05) is 6.92 Å². The Morgan fingerprint density at radius 2 is 2.00 bits per heavy atom. The Bertz CT molecular complexity index is 591. The molecule has 2 N–H and O–H groups in total. The molecule has 0 bridgehead atoms. The number of nitrogens with zero attached hydrogens (tertiary/aromatic N) is 1. The average molecular weight is 487 g/mol. The maximum atomic E-state index is 12.6. The molecule has 0 aliphatic carbocycles. The largest absolute Gasteiger partial charge is 0.454 e. The Morgan fingerprint density at radius 1 is 1.27 bits per heavy atom. The van der Waals surface area contributed by atoms with Crippen molar-refractivity contribution < 1.29 is 27.7 Å². The second-order valence-corrected chi connectivity index (χ2v) is 5.16. The van der Waals surface area contributed by atoms with Crippen LogP contribution in [0.1, 0.15) is 18.9 Å². The molecule has 10 heteroatoms. The number of hydrogen-bond acceptors (Lipinski definition) is 5. The van der Waals surface area contributed by atoms with Crippen molar-refractivity contribution in [3.8, 4) is 17.2 Å². The van der Waals surface area contributed by atoms with Gasteiger partial charge in [-0.15, -0.1) is 24.0 Å². The molecule has 0 aromatic heterocycles. The highest BCUT2D eigenvalue weighted by Gasteiger charge is 2.20. The normalized spacial score (nSPS) is 12.7. The first-order valence-corrected chi connectivity index (χ1v) is 8.02. The zero-order valence-electron chi connectivity index (χ0n) is 14.7. The molecule has 2 rings (SSSR count). The third-order valence-electron chi connectivity index (χ3n) is 3.34. The van der Waals surface area contributed by atoms with Gasteiger partial charge in [-0.05, 0) is 19.4 Å². The van der Waals surface area contributed by atoms with Crippen LogP contribution in [0.25, 0.3) is 0 Å². The lowest BCUT2D eigenvalue weighted by Gasteiger charge is -2.13. The minimum atomic E-state index is -2.93. The minimum absolute atomic E-state index is 0. The Kier molecular flexibility index (Phi) is 10.3. The number of alkyl halides is 2. The zero-order valence-corrected chi connectivity index (χ0v) is 17.0. The molecule has 148 valence electrons. The number of nitrogens with one attached hydrogen (secondary N) is 2. The van der Waals surface area contributed by atoms with Gasteiger partial charge in [-0.3, -0.25) is 0 Å². The van der Waals surface area contributed by atoms with E-state index in [1.165, 1.54) is 6.07 Å². The number of aliphatic imine (C=N–C) groups is 1. The number of ether oxygens (including phenoxy) is 4. The lowest BCUT2D eigenvalue weighted by atomic mass is 10.1. The molecule has 0 amide bonds. The van der Waals surface area contributed by atoms with E-state index in [9.17, 15) is 8.78 Å². The van der Waals surface area contributed by atoms with E-state index < -0.39 is 6.61 Å². The first-order valence-electron chi connectivity index (χ1n) is 8.02. The monoisotopic (exact) mass is 487 g/mol. The predicted octanol–water partition coefficient (Wildman–Crippen LogP) is 2.73. The van der Waals surface area contributed by atoms with Crippen molar-refractivity contribution >= 4 is 29.9 Å². The summed E-state index contributed by atoms with van der Waals surface area (Å²) in [7, 11) is 1.64. The van der Waals surface area contributed by atoms with Gasteiger partial charge in [-0.1, -0.05) is 0 Å². The summed E-state index contributed by atoms with van der Waals surface area (Å²) in [5, 5.41) is 6.25. The standard InChI is InChI=1S/C16H23F2N3O4.HI/c1-3-19-16(20-5-4-6-22-2)21-9-11-7-13-14(24-10-23-13)8-12(11)25-15(17)18;/h7-8,15H,3-6,9-10H2,1-2H3,(H2,19,20,21);1H. The van der Waals surface area contributed by atoms with E-state index in [0.717, 1.165) is 6.42 Å². The molecule has 7 nitrogen and oxygen atoms in total. The van der Waals surface area contributed by atoms with Crippen molar-refractivity contribution in [3.05, 3.63) is 17.7 Å². The van der Waals surface area contributed by atoms with Crippen LogP contribution in [0.3, 0.4) is 0 Å². The Labute approximate surface area is 168 Å². The fourth-order valence-corrected chi connectivity index (χ4v) is 2.22. The lowest BCUT2D eigenvalue weighted by Crippen LogP contribution is -2.38. The smallest absolute Gasteiger partial charge is 0.387 e. The molecule has 1 aromatic carbocycles. The molecule has 0 unspecified atom stereocenters. The van der Waals surface area contributed by atoms with Crippen molar-refractivity contribution in [3.63, 3.8) is 0 Å². The summed E-state index contributed by atoms with van der Waals surface area (Å²) in [6.45, 7) is 1.22. The van der Waals surface area contributed by atoms with Gasteiger partial charge in [0.05, 0.1) is 6.54 Å². The molecule has 0 saturated heterocycles. The maximum absolute atomic E-state index is 12.6. The first-order chi connectivity index (χ1) is 12.1. The van der Waals surface area contributed by atoms with E-state index >= 15 is 0 Å². The van der Waals surface area contributed by atoms with Crippen molar-refractivity contribution in [2.45, 2.75) is 26.5 Å². The molecule has 0 saturated carbocycles. The summed E-state index contributed by atoms with van der Waals surface area (Å²) < 4.78 is 45.3. The Morgan fingerprint density at radius 3 is 2.65 bits per heavy atom. The van der Waals surface area contributed by atoms with Gasteiger partial charge in [-0.25, -0.2) is 4.99 Å². The van der Waals surface area contributed by atoms with Gasteiger partial charge in [0.25, 0.3) is 0 Å². The molecule has 1 aliphatic rings. The van der Waals surface area contributed by atoms with E-state index in [-0.39, 0.29) is 43.1 Å². The number of methoxy groups -OCH3 is 1. The summed E-state index contributed by atoms with van der Waals surface area (Å²) >= 11 is 0. The van der Waals surface area contributed by atoms with Crippen LogP contribution in [-0.2, 0) is 11.3 Å². The molecule has 0 spiro atoms. The van der Waals surface area contributed by atoms with Gasteiger partial charge in [0, 0.05) is 38.4 Å². The average Bonchev–Trinajstić information content (AvgIpc) is 3.02. The van der Waals surface area contributed by atoms with Crippen LogP contribution in [0.15, 0.2) is 17.1 Å². The Hall–Kier alpha value is -1.56. The highest BCUT2D eigenvalue weighted by Crippen LogP contribution is 2.38. The van der Waals surface area contributed by atoms with Gasteiger partial charge in [-0.2, -0.15) is 8.78 Å². The van der Waals surface area contributed by atoms with E-state index in [0.29, 0.717) is 42.7 Å². The van der Waals surface area contributed by atoms with Crippen molar-refractivity contribution in [1.82, 2.24) is 10.6 Å². The third-order valence-corrected chi connectivity index (χ3v) is 3.34. The summed E-state index contributed by atoms with van der Waals surface area (Å²) in [5.41, 5.74) is 0.485. The molecule has 26 heavy (non-hydrogen) atoms. The highest BCUT2D eigenvalue weighted by atomic mass is 127. The summed E-state index contributed by atoms with van der Waals surface area (Å²) in [6, 6.07) is 3.01. The van der Waals surface area contributed by atoms with Gasteiger partial charge in [0.2, 0.25) is 6.79 Å². The maximum Gasteiger partial charge on any atom is 0.387 e. The summed E-state index contributed by atoms with van der Waals surface area (Å²) in [5.74, 6) is 1.48. The van der Waals surface area contributed by atoms with Crippen LogP contribution in [0.4, 0.5) is 8.78 Å². The van der Waals surface area contributed by atoms with Crippen LogP contribution in [-0.4, -0.2) is 46.2 Å². The van der Waals surface area contributed by atoms with Crippen LogP contribution in [0.5, 0.6) is 17.2 Å². The number of benzene rings is 1. The number of rotatable bonds is 9. The van der Waals surface area contributed by atoms with Crippen LogP contribution in [0.2, 0.25) is 0 Å². The molecule has 1 aromatic rings. The van der Waals surface area contributed by atoms with E-state index in [4.69, 9.17) is 14.2 Å². The SMILES string of the molecule is CCNC(=NCc1cc2c(cc1OC(F)F)OCO2)NCCCOC.I. The van der Waals surface area contributed by atoms with Gasteiger partial charge in [0.1, 0.15) is 5.75 Å². The minimum Gasteiger partial charge on any atom is -0.454 e. The second-order valence-electron chi connectivity index (χ2n) is 5.16. The van der Waals surface area contributed by atoms with Crippen LogP contribution >= 0.6 is 24.0 Å². The number of guanidine groups is 1. The van der Waals surface area contributed by atoms with Gasteiger partial charge >= 0.3 is 6.61 Å². The molecule has 1 heterocycles. The van der Waals surface area contributed by atoms with Crippen molar-refractivity contribution in [2.24, 2.45) is 4.99 Å². The van der Waals surface area contributed by atoms with Crippen molar-refractivity contribution in [1.29, 1.82) is 0 Å². The molecule has 0 fully saturated rings. The fourth-order valence-electron chi connectivity index (χ4n) is 2.22. The molecular weight excluding hydrogens is 463 g/mol. The fraction of sp³-hybridized carbons (Fsp3) is 0.562. The van der Waals surface area contributed by atoms with Gasteiger partial charge < -0.3 is 29.6 Å². The first kappa shape index (κ1) is 22.5. The van der Waals surface area contributed by atoms with Crippen LogP contribution < -0.4 is 24.8 Å². The van der Waals surface area contributed by atoms with Gasteiger partial charge in [0.15, 0.2) is 17.5 Å². The Balaban J connectivity index is 0.00000338. The molecular formula is C16H24F2IN3O4.